The molecule has 2 rings (SSSR count). The number of benzene rings is 2. The topological polar surface area (TPSA) is 12.4 Å². The molecule has 0 radical (unpaired) electrons. The van der Waals surface area contributed by atoms with Gasteiger partial charge >= 0.3 is 0 Å². The van der Waals surface area contributed by atoms with Crippen LogP contribution in [0.3, 0.4) is 0 Å². The normalized spacial score (nSPS) is 10.7. The first-order chi connectivity index (χ1) is 10.5. The Morgan fingerprint density at radius 1 is 1.00 bits per heavy atom. The highest BCUT2D eigenvalue weighted by molar-refractivity contribution is 6.48. The van der Waals surface area contributed by atoms with E-state index in [2.05, 4.69) is 37.8 Å². The molecule has 0 saturated heterocycles. The zero-order valence-corrected chi connectivity index (χ0v) is 14.8. The third kappa shape index (κ3) is 4.57. The molecular formula is C20H24ClN. The number of halogens is 1. The van der Waals surface area contributed by atoms with E-state index in [9.17, 15) is 0 Å². The van der Waals surface area contributed by atoms with Gasteiger partial charge in [-0.25, -0.2) is 0 Å². The number of hydrogen-bond donors (Lipinski definition) is 0. The van der Waals surface area contributed by atoms with Crippen molar-refractivity contribution in [3.8, 4) is 0 Å². The second kappa shape index (κ2) is 8.55. The molecule has 2 aromatic carbocycles. The summed E-state index contributed by atoms with van der Waals surface area (Å²) in [5, 5.41) is 0.549. The molecule has 0 unspecified atom stereocenters. The molecule has 0 aliphatic carbocycles. The third-order valence-electron chi connectivity index (χ3n) is 3.35. The lowest BCUT2D eigenvalue weighted by Gasteiger charge is -2.08. The van der Waals surface area contributed by atoms with Crippen LogP contribution in [0.4, 0.5) is 5.69 Å². The maximum Gasteiger partial charge on any atom is 0.0668 e. The van der Waals surface area contributed by atoms with Gasteiger partial charge in [-0.2, -0.15) is 0 Å². The molecule has 0 aromatic heterocycles. The largest absolute Gasteiger partial charge is 0.253 e. The van der Waals surface area contributed by atoms with Crippen molar-refractivity contribution < 1.29 is 0 Å². The minimum Gasteiger partial charge on any atom is -0.253 e. The average Bonchev–Trinajstić information content (AvgIpc) is 2.51. The standard InChI is InChI=1S/C18H18ClN.C2H6/c1-12-8-10-16(11-9-12)15(4)20-18-7-5-6-17(13(18)2)14(3)19;1-2/h5-11H,3H2,1-2,4H3;1-2H3. The molecule has 0 heterocycles. The van der Waals surface area contributed by atoms with Gasteiger partial charge in [0.1, 0.15) is 0 Å². The summed E-state index contributed by atoms with van der Waals surface area (Å²) >= 11 is 6.01. The fourth-order valence-electron chi connectivity index (χ4n) is 2.08. The molecule has 0 bridgehead atoms. The van der Waals surface area contributed by atoms with Crippen molar-refractivity contribution in [2.75, 3.05) is 0 Å². The van der Waals surface area contributed by atoms with E-state index < -0.39 is 0 Å². The maximum absolute atomic E-state index is 6.01. The molecule has 0 saturated carbocycles. The number of hydrogen-bond acceptors (Lipinski definition) is 1. The first-order valence-corrected chi connectivity index (χ1v) is 7.93. The lowest BCUT2D eigenvalue weighted by molar-refractivity contribution is 1.36. The van der Waals surface area contributed by atoms with Gasteiger partial charge < -0.3 is 0 Å². The van der Waals surface area contributed by atoms with Gasteiger partial charge in [-0.1, -0.05) is 74.0 Å². The molecule has 2 heteroatoms. The molecule has 0 atom stereocenters. The lowest BCUT2D eigenvalue weighted by Crippen LogP contribution is -1.94. The van der Waals surface area contributed by atoms with Gasteiger partial charge in [-0.3, -0.25) is 4.99 Å². The minimum atomic E-state index is 0.549. The minimum absolute atomic E-state index is 0.549. The van der Waals surface area contributed by atoms with Crippen LogP contribution in [-0.2, 0) is 0 Å². The fraction of sp³-hybridized carbons (Fsp3) is 0.250. The van der Waals surface area contributed by atoms with Gasteiger partial charge in [0.25, 0.3) is 0 Å². The van der Waals surface area contributed by atoms with E-state index >= 15 is 0 Å². The van der Waals surface area contributed by atoms with Crippen LogP contribution in [0.2, 0.25) is 0 Å². The molecule has 0 N–H and O–H groups in total. The summed E-state index contributed by atoms with van der Waals surface area (Å²) in [6.07, 6.45) is 0. The van der Waals surface area contributed by atoms with Crippen LogP contribution in [0.1, 0.15) is 43.0 Å². The van der Waals surface area contributed by atoms with Gasteiger partial charge in [0.05, 0.1) is 5.69 Å². The first-order valence-electron chi connectivity index (χ1n) is 7.56. The molecule has 0 fully saturated rings. The summed E-state index contributed by atoms with van der Waals surface area (Å²) < 4.78 is 0. The van der Waals surface area contributed by atoms with Crippen LogP contribution in [0.5, 0.6) is 0 Å². The smallest absolute Gasteiger partial charge is 0.0668 e. The Kier molecular flexibility index (Phi) is 7.07. The highest BCUT2D eigenvalue weighted by atomic mass is 35.5. The highest BCUT2D eigenvalue weighted by Crippen LogP contribution is 2.28. The number of nitrogens with zero attached hydrogens (tertiary/aromatic N) is 1. The van der Waals surface area contributed by atoms with Crippen LogP contribution in [0.25, 0.3) is 5.03 Å². The second-order valence-electron chi connectivity index (χ2n) is 4.92. The van der Waals surface area contributed by atoms with Gasteiger partial charge in [0, 0.05) is 10.7 Å². The van der Waals surface area contributed by atoms with Crippen LogP contribution in [0.15, 0.2) is 54.0 Å². The first kappa shape index (κ1) is 18.2. The SMILES string of the molecule is C=C(Cl)c1cccc(N=C(C)c2ccc(C)cc2)c1C.CC. The van der Waals surface area contributed by atoms with Crippen molar-refractivity contribution in [3.63, 3.8) is 0 Å². The van der Waals surface area contributed by atoms with Crippen LogP contribution >= 0.6 is 11.6 Å². The zero-order chi connectivity index (χ0) is 16.7. The molecule has 1 nitrogen and oxygen atoms in total. The van der Waals surface area contributed by atoms with Crippen LogP contribution in [-0.4, -0.2) is 5.71 Å². The summed E-state index contributed by atoms with van der Waals surface area (Å²) in [5.74, 6) is 0. The van der Waals surface area contributed by atoms with Crippen LogP contribution in [0, 0.1) is 13.8 Å². The van der Waals surface area contributed by atoms with Gasteiger partial charge in [-0.05, 0) is 43.5 Å². The predicted molar refractivity (Wildman–Crippen MR) is 100 cm³/mol. The van der Waals surface area contributed by atoms with Crippen molar-refractivity contribution in [2.45, 2.75) is 34.6 Å². The Bertz CT molecular complexity index is 667. The van der Waals surface area contributed by atoms with Gasteiger partial charge in [-0.15, -0.1) is 0 Å². The summed E-state index contributed by atoms with van der Waals surface area (Å²) in [5.41, 5.74) is 6.31. The van der Waals surface area contributed by atoms with Crippen molar-refractivity contribution in [3.05, 3.63) is 71.3 Å². The van der Waals surface area contributed by atoms with E-state index in [1.807, 2.05) is 45.9 Å². The Labute approximate surface area is 139 Å². The molecule has 0 spiro atoms. The van der Waals surface area contributed by atoms with Crippen molar-refractivity contribution in [2.24, 2.45) is 4.99 Å². The summed E-state index contributed by atoms with van der Waals surface area (Å²) in [6, 6.07) is 14.3. The Morgan fingerprint density at radius 2 is 1.59 bits per heavy atom. The molecule has 116 valence electrons. The lowest BCUT2D eigenvalue weighted by atomic mass is 10.1. The van der Waals surface area contributed by atoms with E-state index in [0.29, 0.717) is 5.03 Å². The number of rotatable bonds is 3. The number of aryl methyl sites for hydroxylation is 1. The third-order valence-corrected chi connectivity index (χ3v) is 3.56. The highest BCUT2D eigenvalue weighted by Gasteiger charge is 2.05. The quantitative estimate of drug-likeness (QED) is 0.560. The predicted octanol–water partition coefficient (Wildman–Crippen LogP) is 6.68. The zero-order valence-electron chi connectivity index (χ0n) is 14.1. The molecular weight excluding hydrogens is 290 g/mol. The summed E-state index contributed by atoms with van der Waals surface area (Å²) in [6.45, 7) is 13.9. The van der Waals surface area contributed by atoms with E-state index in [0.717, 1.165) is 28.1 Å². The van der Waals surface area contributed by atoms with E-state index in [4.69, 9.17) is 16.6 Å². The van der Waals surface area contributed by atoms with Crippen molar-refractivity contribution in [1.82, 2.24) is 0 Å². The van der Waals surface area contributed by atoms with Crippen molar-refractivity contribution in [1.29, 1.82) is 0 Å². The maximum atomic E-state index is 6.01. The molecule has 22 heavy (non-hydrogen) atoms. The fourth-order valence-corrected chi connectivity index (χ4v) is 2.28. The Morgan fingerprint density at radius 3 is 2.14 bits per heavy atom. The molecule has 0 aliphatic rings. The molecule has 0 amide bonds. The number of aliphatic imine (C=N–C) groups is 1. The second-order valence-corrected chi connectivity index (χ2v) is 5.37. The monoisotopic (exact) mass is 313 g/mol. The Balaban J connectivity index is 0.00000116. The van der Waals surface area contributed by atoms with E-state index in [1.165, 1.54) is 5.56 Å². The van der Waals surface area contributed by atoms with E-state index in [1.54, 1.807) is 0 Å². The summed E-state index contributed by atoms with van der Waals surface area (Å²) in [7, 11) is 0. The molecule has 0 aliphatic heterocycles. The Hall–Kier alpha value is -1.86. The van der Waals surface area contributed by atoms with E-state index in [-0.39, 0.29) is 0 Å². The summed E-state index contributed by atoms with van der Waals surface area (Å²) in [4.78, 5) is 4.72. The van der Waals surface area contributed by atoms with Crippen molar-refractivity contribution >= 4 is 28.0 Å². The van der Waals surface area contributed by atoms with Gasteiger partial charge in [0.15, 0.2) is 0 Å². The van der Waals surface area contributed by atoms with Gasteiger partial charge in [0.2, 0.25) is 0 Å². The molecule has 2 aromatic rings. The van der Waals surface area contributed by atoms with Crippen LogP contribution < -0.4 is 0 Å². The average molecular weight is 314 g/mol.